The number of hydrogen-bond donors (Lipinski definition) is 1. The van der Waals surface area contributed by atoms with Gasteiger partial charge in [0.25, 0.3) is 0 Å². The van der Waals surface area contributed by atoms with Gasteiger partial charge in [0.2, 0.25) is 5.95 Å². The summed E-state index contributed by atoms with van der Waals surface area (Å²) in [5.74, 6) is 1.40. The second-order valence-electron chi connectivity index (χ2n) is 3.14. The molecule has 1 N–H and O–H groups in total. The Morgan fingerprint density at radius 3 is 2.80 bits per heavy atom. The largest absolute Gasteiger partial charge is 0.356 e. The zero-order valence-electron chi connectivity index (χ0n) is 8.53. The molecule has 1 heterocycles. The normalized spacial score (nSPS) is 10.3. The zero-order valence-corrected chi connectivity index (χ0v) is 9.28. The van der Waals surface area contributed by atoms with Crippen molar-refractivity contribution in [3.63, 3.8) is 0 Å². The van der Waals surface area contributed by atoms with Crippen LogP contribution in [0.5, 0.6) is 0 Å². The van der Waals surface area contributed by atoms with Gasteiger partial charge in [-0.3, -0.25) is 0 Å². The van der Waals surface area contributed by atoms with Crippen LogP contribution in [0.4, 0.5) is 5.95 Å². The van der Waals surface area contributed by atoms with E-state index in [2.05, 4.69) is 15.4 Å². The van der Waals surface area contributed by atoms with Crippen LogP contribution >= 0.6 is 11.6 Å². The third kappa shape index (κ3) is 1.94. The van der Waals surface area contributed by atoms with Crippen LogP contribution in [0.25, 0.3) is 11.4 Å². The van der Waals surface area contributed by atoms with Gasteiger partial charge in [-0.25, -0.2) is 4.68 Å². The summed E-state index contributed by atoms with van der Waals surface area (Å²) >= 11 is 5.91. The predicted octanol–water partition coefficient (Wildman–Crippen LogP) is 2.18. The van der Waals surface area contributed by atoms with Crippen molar-refractivity contribution in [1.82, 2.24) is 14.8 Å². The molecule has 0 bridgehead atoms. The summed E-state index contributed by atoms with van der Waals surface area (Å²) in [5.41, 5.74) is 0.957. The smallest absolute Gasteiger partial charge is 0.242 e. The van der Waals surface area contributed by atoms with E-state index in [0.29, 0.717) is 11.0 Å². The fourth-order valence-electron chi connectivity index (χ4n) is 1.37. The van der Waals surface area contributed by atoms with Crippen molar-refractivity contribution >= 4 is 17.5 Å². The van der Waals surface area contributed by atoms with Crippen molar-refractivity contribution in [2.24, 2.45) is 7.05 Å². The first-order chi connectivity index (χ1) is 7.20. The van der Waals surface area contributed by atoms with Gasteiger partial charge < -0.3 is 5.32 Å². The van der Waals surface area contributed by atoms with Gasteiger partial charge in [-0.1, -0.05) is 23.7 Å². The lowest BCUT2D eigenvalue weighted by atomic mass is 10.2. The molecule has 0 saturated heterocycles. The zero-order chi connectivity index (χ0) is 10.8. The molecule has 5 heteroatoms. The molecule has 0 unspecified atom stereocenters. The minimum Gasteiger partial charge on any atom is -0.356 e. The van der Waals surface area contributed by atoms with E-state index in [1.807, 2.05) is 31.3 Å². The van der Waals surface area contributed by atoms with Crippen LogP contribution in [0.3, 0.4) is 0 Å². The van der Waals surface area contributed by atoms with E-state index >= 15 is 0 Å². The quantitative estimate of drug-likeness (QED) is 0.847. The summed E-state index contributed by atoms with van der Waals surface area (Å²) in [6, 6.07) is 7.55. The lowest BCUT2D eigenvalue weighted by Crippen LogP contribution is -1.94. The fourth-order valence-corrected chi connectivity index (χ4v) is 1.56. The van der Waals surface area contributed by atoms with Gasteiger partial charge in [-0.2, -0.15) is 4.98 Å². The molecule has 1 aromatic heterocycles. The number of halogens is 1. The molecule has 0 aliphatic rings. The van der Waals surface area contributed by atoms with Crippen LogP contribution in [0.2, 0.25) is 5.02 Å². The molecular formula is C10H11ClN4. The minimum absolute atomic E-state index is 0.604. The number of aromatic nitrogens is 3. The summed E-state index contributed by atoms with van der Waals surface area (Å²) < 4.78 is 1.72. The number of hydrogen-bond acceptors (Lipinski definition) is 3. The maximum absolute atomic E-state index is 5.91. The Bertz CT molecular complexity index is 478. The fraction of sp³-hybridized carbons (Fsp3) is 0.200. The number of aryl methyl sites for hydroxylation is 1. The third-order valence-corrected chi connectivity index (χ3v) is 2.30. The van der Waals surface area contributed by atoms with Gasteiger partial charge in [-0.05, 0) is 12.1 Å². The van der Waals surface area contributed by atoms with E-state index in [1.54, 1.807) is 11.7 Å². The number of rotatable bonds is 2. The molecule has 0 aliphatic carbocycles. The molecule has 15 heavy (non-hydrogen) atoms. The second kappa shape index (κ2) is 3.90. The van der Waals surface area contributed by atoms with Gasteiger partial charge >= 0.3 is 0 Å². The van der Waals surface area contributed by atoms with Gasteiger partial charge in [0.05, 0.1) is 0 Å². The molecule has 2 rings (SSSR count). The van der Waals surface area contributed by atoms with Crippen molar-refractivity contribution in [1.29, 1.82) is 0 Å². The molecule has 0 spiro atoms. The van der Waals surface area contributed by atoms with Crippen LogP contribution < -0.4 is 5.32 Å². The first-order valence-electron chi connectivity index (χ1n) is 4.55. The van der Waals surface area contributed by atoms with Gasteiger partial charge in [-0.15, -0.1) is 5.10 Å². The minimum atomic E-state index is 0.604. The average molecular weight is 223 g/mol. The molecule has 78 valence electrons. The van der Waals surface area contributed by atoms with Crippen molar-refractivity contribution < 1.29 is 0 Å². The van der Waals surface area contributed by atoms with Crippen molar-refractivity contribution in [2.45, 2.75) is 0 Å². The summed E-state index contributed by atoms with van der Waals surface area (Å²) in [7, 11) is 3.64. The van der Waals surface area contributed by atoms with Gasteiger partial charge in [0.15, 0.2) is 5.82 Å². The Morgan fingerprint density at radius 1 is 1.40 bits per heavy atom. The standard InChI is InChI=1S/C10H11ClN4/c1-12-10-13-9(15(2)14-10)7-4-3-5-8(11)6-7/h3-6H,1-2H3,(H,12,14). The molecule has 0 atom stereocenters. The number of anilines is 1. The number of nitrogens with zero attached hydrogens (tertiary/aromatic N) is 3. The topological polar surface area (TPSA) is 42.7 Å². The maximum atomic E-state index is 5.91. The Labute approximate surface area is 92.9 Å². The van der Waals surface area contributed by atoms with Crippen molar-refractivity contribution in [3.8, 4) is 11.4 Å². The molecule has 0 aliphatic heterocycles. The Balaban J connectivity index is 2.48. The third-order valence-electron chi connectivity index (χ3n) is 2.07. The van der Waals surface area contributed by atoms with Crippen LogP contribution in [-0.2, 0) is 7.05 Å². The molecule has 0 fully saturated rings. The van der Waals surface area contributed by atoms with Crippen LogP contribution in [-0.4, -0.2) is 21.8 Å². The SMILES string of the molecule is CNc1nc(-c2cccc(Cl)c2)n(C)n1. The number of nitrogens with one attached hydrogen (secondary N) is 1. The molecule has 0 radical (unpaired) electrons. The van der Waals surface area contributed by atoms with Crippen LogP contribution in [0.15, 0.2) is 24.3 Å². The first-order valence-corrected chi connectivity index (χ1v) is 4.93. The highest BCUT2D eigenvalue weighted by atomic mass is 35.5. The summed E-state index contributed by atoms with van der Waals surface area (Å²) in [5, 5.41) is 7.78. The second-order valence-corrected chi connectivity index (χ2v) is 3.58. The predicted molar refractivity (Wildman–Crippen MR) is 61.0 cm³/mol. The summed E-state index contributed by atoms with van der Waals surface area (Å²) in [6.45, 7) is 0. The Hall–Kier alpha value is -1.55. The average Bonchev–Trinajstić information content (AvgIpc) is 2.60. The first kappa shape index (κ1) is 9.98. The van der Waals surface area contributed by atoms with E-state index in [4.69, 9.17) is 11.6 Å². The molecule has 4 nitrogen and oxygen atoms in total. The lowest BCUT2D eigenvalue weighted by Gasteiger charge is -1.99. The highest BCUT2D eigenvalue weighted by Gasteiger charge is 2.08. The van der Waals surface area contributed by atoms with Crippen molar-refractivity contribution in [3.05, 3.63) is 29.3 Å². The highest BCUT2D eigenvalue weighted by molar-refractivity contribution is 6.30. The maximum Gasteiger partial charge on any atom is 0.242 e. The molecule has 2 aromatic rings. The Morgan fingerprint density at radius 2 is 2.20 bits per heavy atom. The lowest BCUT2D eigenvalue weighted by molar-refractivity contribution is 0.777. The van der Waals surface area contributed by atoms with E-state index in [-0.39, 0.29) is 0 Å². The van der Waals surface area contributed by atoms with Crippen LogP contribution in [0.1, 0.15) is 0 Å². The highest BCUT2D eigenvalue weighted by Crippen LogP contribution is 2.21. The summed E-state index contributed by atoms with van der Waals surface area (Å²) in [4.78, 5) is 4.32. The monoisotopic (exact) mass is 222 g/mol. The van der Waals surface area contributed by atoms with E-state index in [9.17, 15) is 0 Å². The van der Waals surface area contributed by atoms with Gasteiger partial charge in [0, 0.05) is 24.7 Å². The number of benzene rings is 1. The van der Waals surface area contributed by atoms with Gasteiger partial charge in [0.1, 0.15) is 0 Å². The van der Waals surface area contributed by atoms with Crippen LogP contribution in [0, 0.1) is 0 Å². The van der Waals surface area contributed by atoms with E-state index < -0.39 is 0 Å². The molecular weight excluding hydrogens is 212 g/mol. The van der Waals surface area contributed by atoms with E-state index in [0.717, 1.165) is 11.4 Å². The molecule has 0 saturated carbocycles. The van der Waals surface area contributed by atoms with E-state index in [1.165, 1.54) is 0 Å². The molecule has 1 aromatic carbocycles. The van der Waals surface area contributed by atoms with Crippen molar-refractivity contribution in [2.75, 3.05) is 12.4 Å². The molecule has 0 amide bonds. The summed E-state index contributed by atoms with van der Waals surface area (Å²) in [6.07, 6.45) is 0. The Kier molecular flexibility index (Phi) is 2.60.